The van der Waals surface area contributed by atoms with Crippen LogP contribution in [0.2, 0.25) is 0 Å². The Labute approximate surface area is 74.0 Å². The molecule has 3 heteroatoms. The molecule has 56 valence electrons. The summed E-state index contributed by atoms with van der Waals surface area (Å²) < 4.78 is 0.786. The molecule has 0 fully saturated rings. The first-order chi connectivity index (χ1) is 5.24. The number of hydrogen-bond acceptors (Lipinski definition) is 2. The van der Waals surface area contributed by atoms with Crippen LogP contribution in [-0.2, 0) is 6.42 Å². The molecule has 0 spiro atoms. The first-order valence-corrected chi connectivity index (χ1v) is 4.02. The smallest absolute Gasteiger partial charge is 0.106 e. The van der Waals surface area contributed by atoms with E-state index in [1.165, 1.54) is 0 Å². The number of hydrogen-bond donors (Lipinski definition) is 0. The number of pyridine rings is 1. The highest BCUT2D eigenvalue weighted by atomic mass is 79.9. The van der Waals surface area contributed by atoms with Gasteiger partial charge in [-0.15, -0.1) is 0 Å². The van der Waals surface area contributed by atoms with Crippen LogP contribution in [-0.4, -0.2) is 4.98 Å². The van der Waals surface area contributed by atoms with Crippen molar-refractivity contribution >= 4 is 15.9 Å². The summed E-state index contributed by atoms with van der Waals surface area (Å²) in [6.07, 6.45) is 0.380. The van der Waals surface area contributed by atoms with E-state index in [-0.39, 0.29) is 0 Å². The Morgan fingerprint density at radius 1 is 1.64 bits per heavy atom. The highest BCUT2D eigenvalue weighted by Crippen LogP contribution is 2.11. The average molecular weight is 211 g/mol. The summed E-state index contributed by atoms with van der Waals surface area (Å²) in [6, 6.07) is 5.89. The molecule has 1 heterocycles. The van der Waals surface area contributed by atoms with Crippen LogP contribution >= 0.6 is 15.9 Å². The molecule has 1 rings (SSSR count). The lowest BCUT2D eigenvalue weighted by atomic mass is 10.2. The van der Waals surface area contributed by atoms with Crippen molar-refractivity contribution in [3.8, 4) is 6.07 Å². The number of aromatic nitrogens is 1. The lowest BCUT2D eigenvalue weighted by Gasteiger charge is -1.99. The third-order valence-electron chi connectivity index (χ3n) is 1.41. The van der Waals surface area contributed by atoms with Crippen molar-refractivity contribution in [1.29, 1.82) is 5.26 Å². The van der Waals surface area contributed by atoms with Crippen LogP contribution in [0, 0.1) is 18.3 Å². The van der Waals surface area contributed by atoms with Crippen LogP contribution in [0.4, 0.5) is 0 Å². The predicted molar refractivity (Wildman–Crippen MR) is 46.0 cm³/mol. The van der Waals surface area contributed by atoms with Gasteiger partial charge in [0.15, 0.2) is 0 Å². The van der Waals surface area contributed by atoms with Crippen molar-refractivity contribution in [3.05, 3.63) is 28.0 Å². The maximum atomic E-state index is 8.43. The molecule has 2 nitrogen and oxygen atoms in total. The van der Waals surface area contributed by atoms with E-state index in [0.29, 0.717) is 6.42 Å². The summed E-state index contributed by atoms with van der Waals surface area (Å²) in [5.41, 5.74) is 1.91. The second-order valence-corrected chi connectivity index (χ2v) is 3.04. The highest BCUT2D eigenvalue weighted by molar-refractivity contribution is 9.10. The van der Waals surface area contributed by atoms with E-state index in [1.54, 1.807) is 0 Å². The summed E-state index contributed by atoms with van der Waals surface area (Å²) in [5.74, 6) is 0. The Morgan fingerprint density at radius 2 is 2.36 bits per heavy atom. The third-order valence-corrected chi connectivity index (χ3v) is 1.86. The van der Waals surface area contributed by atoms with Gasteiger partial charge in [-0.05, 0) is 34.5 Å². The molecule has 0 radical (unpaired) electrons. The lowest BCUT2D eigenvalue weighted by Crippen LogP contribution is -1.92. The quantitative estimate of drug-likeness (QED) is 0.667. The van der Waals surface area contributed by atoms with E-state index in [9.17, 15) is 0 Å². The Hall–Kier alpha value is -0.880. The van der Waals surface area contributed by atoms with Crippen molar-refractivity contribution in [1.82, 2.24) is 4.98 Å². The van der Waals surface area contributed by atoms with Gasteiger partial charge < -0.3 is 0 Å². The number of aryl methyl sites for hydroxylation is 1. The van der Waals surface area contributed by atoms with Gasteiger partial charge in [0, 0.05) is 0 Å². The van der Waals surface area contributed by atoms with E-state index < -0.39 is 0 Å². The SMILES string of the molecule is Cc1ccc(Br)nc1CC#N. The van der Waals surface area contributed by atoms with Gasteiger partial charge in [-0.3, -0.25) is 0 Å². The molecule has 0 aliphatic carbocycles. The van der Waals surface area contributed by atoms with Crippen LogP contribution < -0.4 is 0 Å². The summed E-state index contributed by atoms with van der Waals surface area (Å²) in [6.45, 7) is 1.95. The van der Waals surface area contributed by atoms with Crippen LogP contribution in [0.3, 0.4) is 0 Å². The molecule has 0 bridgehead atoms. The Morgan fingerprint density at radius 3 is 3.00 bits per heavy atom. The van der Waals surface area contributed by atoms with Crippen LogP contribution in [0.15, 0.2) is 16.7 Å². The first-order valence-electron chi connectivity index (χ1n) is 3.23. The van der Waals surface area contributed by atoms with Gasteiger partial charge in [0.25, 0.3) is 0 Å². The van der Waals surface area contributed by atoms with Gasteiger partial charge in [-0.25, -0.2) is 4.98 Å². The molecule has 0 atom stereocenters. The minimum Gasteiger partial charge on any atom is -0.245 e. The number of halogens is 1. The fraction of sp³-hybridized carbons (Fsp3) is 0.250. The molecule has 0 saturated heterocycles. The average Bonchev–Trinajstić information content (AvgIpc) is 1.98. The van der Waals surface area contributed by atoms with Crippen molar-refractivity contribution in [2.45, 2.75) is 13.3 Å². The predicted octanol–water partition coefficient (Wildman–Crippen LogP) is 2.22. The Bertz CT molecular complexity index is 301. The van der Waals surface area contributed by atoms with E-state index in [1.807, 2.05) is 19.1 Å². The molecule has 0 saturated carbocycles. The molecule has 0 aromatic carbocycles. The standard InChI is InChI=1S/C8H7BrN2/c1-6-2-3-8(9)11-7(6)4-5-10/h2-3H,4H2,1H3. The third kappa shape index (κ3) is 2.02. The highest BCUT2D eigenvalue weighted by Gasteiger charge is 1.98. The van der Waals surface area contributed by atoms with Crippen molar-refractivity contribution in [2.24, 2.45) is 0 Å². The largest absolute Gasteiger partial charge is 0.245 e. The minimum absolute atomic E-state index is 0.380. The Balaban J connectivity index is 3.05. The second-order valence-electron chi connectivity index (χ2n) is 2.23. The fourth-order valence-electron chi connectivity index (χ4n) is 0.798. The maximum absolute atomic E-state index is 8.43. The van der Waals surface area contributed by atoms with Crippen molar-refractivity contribution in [3.63, 3.8) is 0 Å². The molecular weight excluding hydrogens is 204 g/mol. The topological polar surface area (TPSA) is 36.7 Å². The molecule has 0 unspecified atom stereocenters. The van der Waals surface area contributed by atoms with Crippen molar-refractivity contribution in [2.75, 3.05) is 0 Å². The molecule has 1 aromatic rings. The number of nitrogens with zero attached hydrogens (tertiary/aromatic N) is 2. The first kappa shape index (κ1) is 8.22. The van der Waals surface area contributed by atoms with Gasteiger partial charge in [0.1, 0.15) is 4.60 Å². The van der Waals surface area contributed by atoms with Gasteiger partial charge in [0.05, 0.1) is 18.2 Å². The summed E-state index contributed by atoms with van der Waals surface area (Å²) in [7, 11) is 0. The number of nitriles is 1. The summed E-state index contributed by atoms with van der Waals surface area (Å²) in [5, 5.41) is 8.43. The van der Waals surface area contributed by atoms with E-state index in [0.717, 1.165) is 15.9 Å². The van der Waals surface area contributed by atoms with Gasteiger partial charge in [0.2, 0.25) is 0 Å². The number of rotatable bonds is 1. The summed E-state index contributed by atoms with van der Waals surface area (Å²) in [4.78, 5) is 4.16. The molecular formula is C8H7BrN2. The lowest BCUT2D eigenvalue weighted by molar-refractivity contribution is 1.06. The van der Waals surface area contributed by atoms with Crippen molar-refractivity contribution < 1.29 is 0 Å². The van der Waals surface area contributed by atoms with Crippen LogP contribution in [0.1, 0.15) is 11.3 Å². The van der Waals surface area contributed by atoms with Gasteiger partial charge in [-0.2, -0.15) is 5.26 Å². The fourth-order valence-corrected chi connectivity index (χ4v) is 1.14. The molecule has 1 aromatic heterocycles. The maximum Gasteiger partial charge on any atom is 0.106 e. The molecule has 0 aliphatic heterocycles. The zero-order valence-corrected chi connectivity index (χ0v) is 7.72. The van der Waals surface area contributed by atoms with E-state index >= 15 is 0 Å². The molecule has 11 heavy (non-hydrogen) atoms. The molecule has 0 aliphatic rings. The monoisotopic (exact) mass is 210 g/mol. The minimum atomic E-state index is 0.380. The molecule has 0 N–H and O–H groups in total. The van der Waals surface area contributed by atoms with E-state index in [4.69, 9.17) is 5.26 Å². The second kappa shape index (κ2) is 3.49. The summed E-state index contributed by atoms with van der Waals surface area (Å²) >= 11 is 3.25. The van der Waals surface area contributed by atoms with Crippen LogP contribution in [0.25, 0.3) is 0 Å². The Kier molecular flexibility index (Phi) is 2.61. The van der Waals surface area contributed by atoms with Crippen LogP contribution in [0.5, 0.6) is 0 Å². The molecule has 0 amide bonds. The van der Waals surface area contributed by atoms with Gasteiger partial charge >= 0.3 is 0 Å². The zero-order chi connectivity index (χ0) is 8.27. The van der Waals surface area contributed by atoms with E-state index in [2.05, 4.69) is 27.0 Å². The van der Waals surface area contributed by atoms with Gasteiger partial charge in [-0.1, -0.05) is 6.07 Å². The zero-order valence-electron chi connectivity index (χ0n) is 6.13. The normalized spacial score (nSPS) is 9.18.